The van der Waals surface area contributed by atoms with E-state index in [1.54, 1.807) is 13.8 Å². The maximum atomic E-state index is 12.5. The highest BCUT2D eigenvalue weighted by atomic mass is 16.3. The molecule has 0 radical (unpaired) electrons. The van der Waals surface area contributed by atoms with Gasteiger partial charge in [0, 0.05) is 24.9 Å². The van der Waals surface area contributed by atoms with E-state index in [-0.39, 0.29) is 36.6 Å². The van der Waals surface area contributed by atoms with Crippen molar-refractivity contribution in [3.63, 3.8) is 0 Å². The molecule has 1 fully saturated rings. The Morgan fingerprint density at radius 1 is 1.07 bits per heavy atom. The molecule has 27 heavy (non-hydrogen) atoms. The molecule has 1 saturated carbocycles. The summed E-state index contributed by atoms with van der Waals surface area (Å²) in [5.74, 6) is -1.18. The first-order valence-electron chi connectivity index (χ1n) is 9.94. The van der Waals surface area contributed by atoms with Gasteiger partial charge in [-0.25, -0.2) is 0 Å². The number of carbonyl (C=O) groups is 3. The summed E-state index contributed by atoms with van der Waals surface area (Å²) < 4.78 is 0. The molecule has 1 aliphatic carbocycles. The lowest BCUT2D eigenvalue weighted by Crippen LogP contribution is -2.58. The van der Waals surface area contributed by atoms with Crippen LogP contribution in [0.5, 0.6) is 0 Å². The molecule has 4 atom stereocenters. The number of carbonyl (C=O) groups excluding carboxylic acids is 3. The van der Waals surface area contributed by atoms with Gasteiger partial charge in [-0.05, 0) is 25.7 Å². The lowest BCUT2D eigenvalue weighted by molar-refractivity contribution is -0.134. The van der Waals surface area contributed by atoms with Crippen molar-refractivity contribution in [1.29, 1.82) is 0 Å². The van der Waals surface area contributed by atoms with Crippen LogP contribution in [0.25, 0.3) is 0 Å². The minimum absolute atomic E-state index is 0.0458. The molecule has 0 aromatic carbocycles. The summed E-state index contributed by atoms with van der Waals surface area (Å²) in [6, 6.07) is -2.27. The third-order valence-corrected chi connectivity index (χ3v) is 5.22. The van der Waals surface area contributed by atoms with Gasteiger partial charge in [-0.3, -0.25) is 14.4 Å². The van der Waals surface area contributed by atoms with Crippen LogP contribution in [0.4, 0.5) is 0 Å². The average Bonchev–Trinajstić information content (AvgIpc) is 2.63. The molecule has 1 rings (SSSR count). The van der Waals surface area contributed by atoms with Crippen LogP contribution in [0.1, 0.15) is 59.3 Å². The van der Waals surface area contributed by atoms with Crippen LogP contribution in [0.3, 0.4) is 0 Å². The minimum Gasteiger partial charge on any atom is -0.391 e. The summed E-state index contributed by atoms with van der Waals surface area (Å²) in [6.45, 7) is 4.80. The summed E-state index contributed by atoms with van der Waals surface area (Å²) in [4.78, 5) is 36.9. The number of aliphatic hydroxyl groups excluding tert-OH is 1. The van der Waals surface area contributed by atoms with Crippen LogP contribution < -0.4 is 22.1 Å². The van der Waals surface area contributed by atoms with Gasteiger partial charge < -0.3 is 27.2 Å². The standard InChI is InChI=1S/C19H36N4O4/c1-11(2)18(26)15(10-20)22-19(27)17(12(3)24)23-16(25)9-14(21)13-7-5-4-6-8-13/h11-15,17,24H,4-10,20-21H2,1-3H3,(H,22,27)(H,23,25)/t12?,14?,15-,17-/m0/s1. The highest BCUT2D eigenvalue weighted by Gasteiger charge is 2.31. The second kappa shape index (κ2) is 11.4. The fourth-order valence-electron chi connectivity index (χ4n) is 3.49. The van der Waals surface area contributed by atoms with Crippen molar-refractivity contribution >= 4 is 17.6 Å². The first-order chi connectivity index (χ1) is 12.7. The maximum Gasteiger partial charge on any atom is 0.245 e. The van der Waals surface area contributed by atoms with E-state index in [9.17, 15) is 19.5 Å². The van der Waals surface area contributed by atoms with Crippen molar-refractivity contribution in [3.8, 4) is 0 Å². The zero-order valence-electron chi connectivity index (χ0n) is 16.7. The number of amides is 2. The average molecular weight is 385 g/mol. The van der Waals surface area contributed by atoms with Gasteiger partial charge in [-0.2, -0.15) is 0 Å². The largest absolute Gasteiger partial charge is 0.391 e. The Hall–Kier alpha value is -1.51. The molecule has 0 aromatic heterocycles. The number of Topliss-reactive ketones (excluding diaryl/α,β-unsaturated/α-hetero) is 1. The second-order valence-corrected chi connectivity index (χ2v) is 7.91. The Morgan fingerprint density at radius 3 is 2.15 bits per heavy atom. The zero-order valence-corrected chi connectivity index (χ0v) is 16.7. The molecule has 0 heterocycles. The number of rotatable bonds is 10. The Kier molecular flexibility index (Phi) is 9.90. The predicted molar refractivity (Wildman–Crippen MR) is 104 cm³/mol. The van der Waals surface area contributed by atoms with Crippen molar-refractivity contribution in [2.45, 2.75) is 83.5 Å². The van der Waals surface area contributed by atoms with E-state index in [0.29, 0.717) is 5.92 Å². The number of hydrogen-bond acceptors (Lipinski definition) is 6. The third-order valence-electron chi connectivity index (χ3n) is 5.22. The van der Waals surface area contributed by atoms with E-state index in [1.807, 2.05) is 0 Å². The van der Waals surface area contributed by atoms with E-state index in [1.165, 1.54) is 13.3 Å². The number of ketones is 1. The van der Waals surface area contributed by atoms with Gasteiger partial charge in [0.2, 0.25) is 11.8 Å². The van der Waals surface area contributed by atoms with Gasteiger partial charge in [0.05, 0.1) is 12.1 Å². The van der Waals surface area contributed by atoms with Gasteiger partial charge in [0.15, 0.2) is 5.78 Å². The van der Waals surface area contributed by atoms with E-state index in [2.05, 4.69) is 10.6 Å². The fraction of sp³-hybridized carbons (Fsp3) is 0.842. The Labute approximate surface area is 161 Å². The molecule has 1 aliphatic rings. The summed E-state index contributed by atoms with van der Waals surface area (Å²) in [7, 11) is 0. The van der Waals surface area contributed by atoms with E-state index >= 15 is 0 Å². The Balaban J connectivity index is 2.64. The van der Waals surface area contributed by atoms with Crippen molar-refractivity contribution in [2.75, 3.05) is 6.54 Å². The first-order valence-corrected chi connectivity index (χ1v) is 9.94. The number of hydrogen-bond donors (Lipinski definition) is 5. The summed E-state index contributed by atoms with van der Waals surface area (Å²) >= 11 is 0. The molecule has 0 saturated heterocycles. The van der Waals surface area contributed by atoms with Crippen LogP contribution in [0.15, 0.2) is 0 Å². The number of nitrogens with one attached hydrogen (secondary N) is 2. The monoisotopic (exact) mass is 384 g/mol. The molecule has 0 aliphatic heterocycles. The molecule has 2 amide bonds. The highest BCUT2D eigenvalue weighted by Crippen LogP contribution is 2.26. The quantitative estimate of drug-likeness (QED) is 0.353. The second-order valence-electron chi connectivity index (χ2n) is 7.91. The van der Waals surface area contributed by atoms with Crippen molar-refractivity contribution in [2.24, 2.45) is 23.3 Å². The number of nitrogens with two attached hydrogens (primary N) is 2. The molecular weight excluding hydrogens is 348 g/mol. The van der Waals surface area contributed by atoms with Crippen molar-refractivity contribution < 1.29 is 19.5 Å². The first kappa shape index (κ1) is 23.5. The van der Waals surface area contributed by atoms with Gasteiger partial charge in [-0.15, -0.1) is 0 Å². The highest BCUT2D eigenvalue weighted by molar-refractivity contribution is 5.93. The van der Waals surface area contributed by atoms with Gasteiger partial charge >= 0.3 is 0 Å². The Morgan fingerprint density at radius 2 is 1.67 bits per heavy atom. The van der Waals surface area contributed by atoms with Crippen LogP contribution in [-0.4, -0.2) is 53.5 Å². The number of aliphatic hydroxyl groups is 1. The van der Waals surface area contributed by atoms with Crippen molar-refractivity contribution in [3.05, 3.63) is 0 Å². The summed E-state index contributed by atoms with van der Waals surface area (Å²) in [5.41, 5.74) is 11.8. The lowest BCUT2D eigenvalue weighted by atomic mass is 9.83. The van der Waals surface area contributed by atoms with Crippen LogP contribution in [0, 0.1) is 11.8 Å². The normalized spacial score (nSPS) is 19.8. The maximum absolute atomic E-state index is 12.5. The molecule has 2 unspecified atom stereocenters. The fourth-order valence-corrected chi connectivity index (χ4v) is 3.49. The molecule has 8 nitrogen and oxygen atoms in total. The van der Waals surface area contributed by atoms with E-state index < -0.39 is 24.1 Å². The topological polar surface area (TPSA) is 148 Å². The smallest absolute Gasteiger partial charge is 0.245 e. The van der Waals surface area contributed by atoms with Gasteiger partial charge in [0.1, 0.15) is 6.04 Å². The molecule has 8 heteroatoms. The molecular formula is C19H36N4O4. The summed E-state index contributed by atoms with van der Waals surface area (Å²) in [5, 5.41) is 15.0. The van der Waals surface area contributed by atoms with Crippen molar-refractivity contribution in [1.82, 2.24) is 10.6 Å². The lowest BCUT2D eigenvalue weighted by Gasteiger charge is -2.28. The SMILES string of the molecule is CC(C)C(=O)[C@H](CN)NC(=O)[C@@H](NC(=O)CC(N)C1CCCCC1)C(C)O. The zero-order chi connectivity index (χ0) is 20.6. The Bertz CT molecular complexity index is 504. The van der Waals surface area contributed by atoms with Crippen LogP contribution in [0.2, 0.25) is 0 Å². The van der Waals surface area contributed by atoms with E-state index in [0.717, 1.165) is 25.7 Å². The molecule has 0 bridgehead atoms. The predicted octanol–water partition coefficient (Wildman–Crippen LogP) is -0.182. The van der Waals surface area contributed by atoms with Gasteiger partial charge in [0.25, 0.3) is 0 Å². The minimum atomic E-state index is -1.16. The van der Waals surface area contributed by atoms with Crippen LogP contribution >= 0.6 is 0 Å². The van der Waals surface area contributed by atoms with Gasteiger partial charge in [-0.1, -0.05) is 33.1 Å². The molecule has 156 valence electrons. The van der Waals surface area contributed by atoms with E-state index in [4.69, 9.17) is 11.5 Å². The summed E-state index contributed by atoms with van der Waals surface area (Å²) in [6.07, 6.45) is 4.48. The molecule has 7 N–H and O–H groups in total. The molecule has 0 spiro atoms. The molecule has 0 aromatic rings. The van der Waals surface area contributed by atoms with Crippen LogP contribution in [-0.2, 0) is 14.4 Å². The third kappa shape index (κ3) is 7.56.